The van der Waals surface area contributed by atoms with E-state index in [1.54, 1.807) is 6.07 Å². The number of hydrogen-bond acceptors (Lipinski definition) is 4. The van der Waals surface area contributed by atoms with E-state index in [0.717, 1.165) is 13.0 Å². The van der Waals surface area contributed by atoms with Gasteiger partial charge in [-0.3, -0.25) is 4.79 Å². The first-order chi connectivity index (χ1) is 7.63. The van der Waals surface area contributed by atoms with E-state index in [1.165, 1.54) is 6.26 Å². The molecule has 0 unspecified atom stereocenters. The molecule has 106 valence electrons. The van der Waals surface area contributed by atoms with Crippen LogP contribution in [-0.2, 0) is 6.54 Å². The fraction of sp³-hybridized carbons (Fsp3) is 0.545. The lowest BCUT2D eigenvalue weighted by molar-refractivity contribution is 0.0951. The van der Waals surface area contributed by atoms with E-state index in [4.69, 9.17) is 10.2 Å². The van der Waals surface area contributed by atoms with E-state index in [2.05, 4.69) is 10.2 Å². The Morgan fingerprint density at radius 3 is 2.61 bits per heavy atom. The van der Waals surface area contributed by atoms with Gasteiger partial charge in [-0.25, -0.2) is 0 Å². The Morgan fingerprint density at radius 2 is 2.11 bits per heavy atom. The van der Waals surface area contributed by atoms with Crippen LogP contribution >= 0.6 is 24.8 Å². The van der Waals surface area contributed by atoms with Crippen LogP contribution in [-0.4, -0.2) is 38.0 Å². The summed E-state index contributed by atoms with van der Waals surface area (Å²) in [7, 11) is 4.01. The van der Waals surface area contributed by atoms with Crippen molar-refractivity contribution in [3.8, 4) is 0 Å². The molecule has 0 atom stereocenters. The molecule has 1 aromatic rings. The Morgan fingerprint density at radius 1 is 1.44 bits per heavy atom. The van der Waals surface area contributed by atoms with Crippen molar-refractivity contribution in [2.45, 2.75) is 13.0 Å². The van der Waals surface area contributed by atoms with E-state index in [1.807, 2.05) is 14.1 Å². The number of carbonyl (C=O) groups is 1. The number of hydrogen-bond donors (Lipinski definition) is 2. The molecule has 0 bridgehead atoms. The highest BCUT2D eigenvalue weighted by Crippen LogP contribution is 2.06. The summed E-state index contributed by atoms with van der Waals surface area (Å²) in [6, 6.07) is 1.67. The second kappa shape index (κ2) is 10.2. The van der Waals surface area contributed by atoms with Gasteiger partial charge in [-0.05, 0) is 33.1 Å². The molecule has 0 aliphatic heterocycles. The zero-order chi connectivity index (χ0) is 12.0. The second-order valence-corrected chi connectivity index (χ2v) is 3.92. The third kappa shape index (κ3) is 6.86. The van der Waals surface area contributed by atoms with E-state index >= 15 is 0 Å². The third-order valence-electron chi connectivity index (χ3n) is 2.18. The van der Waals surface area contributed by atoms with Crippen LogP contribution in [0.5, 0.6) is 0 Å². The van der Waals surface area contributed by atoms with Crippen LogP contribution in [0, 0.1) is 0 Å². The molecule has 7 heteroatoms. The van der Waals surface area contributed by atoms with Gasteiger partial charge < -0.3 is 20.4 Å². The number of rotatable bonds is 6. The molecule has 0 saturated heterocycles. The van der Waals surface area contributed by atoms with Gasteiger partial charge in [-0.2, -0.15) is 0 Å². The highest BCUT2D eigenvalue weighted by molar-refractivity contribution is 5.93. The predicted molar refractivity (Wildman–Crippen MR) is 76.6 cm³/mol. The van der Waals surface area contributed by atoms with Gasteiger partial charge in [0.1, 0.15) is 12.0 Å². The van der Waals surface area contributed by atoms with Crippen molar-refractivity contribution in [2.24, 2.45) is 5.73 Å². The first-order valence-electron chi connectivity index (χ1n) is 5.34. The minimum atomic E-state index is -0.109. The lowest BCUT2D eigenvalue weighted by Crippen LogP contribution is -2.26. The molecule has 0 fully saturated rings. The molecule has 5 nitrogen and oxygen atoms in total. The Hall–Kier alpha value is -0.750. The molecule has 1 rings (SSSR count). The molecule has 1 heterocycles. The maximum absolute atomic E-state index is 11.6. The zero-order valence-electron chi connectivity index (χ0n) is 10.6. The molecule has 0 radical (unpaired) electrons. The maximum Gasteiger partial charge on any atom is 0.254 e. The maximum atomic E-state index is 11.6. The van der Waals surface area contributed by atoms with E-state index < -0.39 is 0 Å². The molecule has 0 spiro atoms. The van der Waals surface area contributed by atoms with Gasteiger partial charge in [0, 0.05) is 6.54 Å². The van der Waals surface area contributed by atoms with Crippen molar-refractivity contribution in [3.63, 3.8) is 0 Å². The molecule has 0 aromatic carbocycles. The van der Waals surface area contributed by atoms with Gasteiger partial charge in [-0.1, -0.05) is 0 Å². The summed E-state index contributed by atoms with van der Waals surface area (Å²) in [5.74, 6) is 0.514. The summed E-state index contributed by atoms with van der Waals surface area (Å²) in [6.45, 7) is 1.94. The number of nitrogens with two attached hydrogens (primary N) is 1. The minimum Gasteiger partial charge on any atom is -0.467 e. The van der Waals surface area contributed by atoms with Crippen LogP contribution in [0.1, 0.15) is 22.5 Å². The monoisotopic (exact) mass is 297 g/mol. The smallest absolute Gasteiger partial charge is 0.254 e. The van der Waals surface area contributed by atoms with E-state index in [0.29, 0.717) is 24.4 Å². The average Bonchev–Trinajstić information content (AvgIpc) is 2.72. The van der Waals surface area contributed by atoms with Crippen molar-refractivity contribution < 1.29 is 9.21 Å². The van der Waals surface area contributed by atoms with Crippen molar-refractivity contribution >= 4 is 30.7 Å². The molecule has 3 N–H and O–H groups in total. The van der Waals surface area contributed by atoms with Gasteiger partial charge in [0.25, 0.3) is 5.91 Å². The summed E-state index contributed by atoms with van der Waals surface area (Å²) >= 11 is 0. The van der Waals surface area contributed by atoms with Crippen LogP contribution in [0.15, 0.2) is 16.7 Å². The minimum absolute atomic E-state index is 0. The fourth-order valence-electron chi connectivity index (χ4n) is 1.31. The summed E-state index contributed by atoms with van der Waals surface area (Å²) < 4.78 is 5.09. The molecule has 18 heavy (non-hydrogen) atoms. The molecule has 1 amide bonds. The van der Waals surface area contributed by atoms with Gasteiger partial charge in [0.2, 0.25) is 0 Å². The third-order valence-corrected chi connectivity index (χ3v) is 2.18. The number of nitrogens with zero attached hydrogens (tertiary/aromatic N) is 1. The van der Waals surface area contributed by atoms with Crippen molar-refractivity contribution in [3.05, 3.63) is 23.7 Å². The summed E-state index contributed by atoms with van der Waals surface area (Å²) in [5, 5.41) is 2.83. The molecule has 0 saturated carbocycles. The van der Waals surface area contributed by atoms with Crippen LogP contribution in [0.2, 0.25) is 0 Å². The lowest BCUT2D eigenvalue weighted by Gasteiger charge is -2.09. The van der Waals surface area contributed by atoms with Crippen LogP contribution < -0.4 is 11.1 Å². The number of furan rings is 1. The highest BCUT2D eigenvalue weighted by atomic mass is 35.5. The first-order valence-corrected chi connectivity index (χ1v) is 5.34. The second-order valence-electron chi connectivity index (χ2n) is 3.92. The molecule has 0 aliphatic rings. The number of amides is 1. The standard InChI is InChI=1S/C11H19N3O2.2ClH/c1-14(2)5-3-4-13-11(15)9-6-10(7-12)16-8-9;;/h6,8H,3-5,7,12H2,1-2H3,(H,13,15);2*1H. The summed E-state index contributed by atoms with van der Waals surface area (Å²) in [4.78, 5) is 13.7. The summed E-state index contributed by atoms with van der Waals surface area (Å²) in [6.07, 6.45) is 2.36. The predicted octanol–water partition coefficient (Wildman–Crippen LogP) is 1.26. The quantitative estimate of drug-likeness (QED) is 0.776. The molecular formula is C11H21Cl2N3O2. The SMILES string of the molecule is CN(C)CCCNC(=O)c1coc(CN)c1.Cl.Cl. The largest absolute Gasteiger partial charge is 0.467 e. The van der Waals surface area contributed by atoms with Crippen molar-refractivity contribution in [2.75, 3.05) is 27.2 Å². The van der Waals surface area contributed by atoms with Crippen molar-refractivity contribution in [1.82, 2.24) is 10.2 Å². The average molecular weight is 298 g/mol. The van der Waals surface area contributed by atoms with Crippen LogP contribution in [0.25, 0.3) is 0 Å². The Kier molecular flexibility index (Phi) is 11.1. The van der Waals surface area contributed by atoms with Gasteiger partial charge in [0.05, 0.1) is 12.1 Å². The fourth-order valence-corrected chi connectivity index (χ4v) is 1.31. The van der Waals surface area contributed by atoms with Gasteiger partial charge in [-0.15, -0.1) is 24.8 Å². The van der Waals surface area contributed by atoms with Gasteiger partial charge in [0.15, 0.2) is 0 Å². The van der Waals surface area contributed by atoms with Gasteiger partial charge >= 0.3 is 0 Å². The molecular weight excluding hydrogens is 277 g/mol. The first kappa shape index (κ1) is 19.6. The van der Waals surface area contributed by atoms with E-state index in [-0.39, 0.29) is 30.7 Å². The molecule has 0 aliphatic carbocycles. The normalized spacial score (nSPS) is 9.56. The topological polar surface area (TPSA) is 71.5 Å². The number of halogens is 2. The summed E-state index contributed by atoms with van der Waals surface area (Å²) in [5.41, 5.74) is 5.92. The Balaban J connectivity index is 0. The van der Waals surface area contributed by atoms with Crippen molar-refractivity contribution in [1.29, 1.82) is 0 Å². The Bertz CT molecular complexity index is 343. The highest BCUT2D eigenvalue weighted by Gasteiger charge is 2.08. The number of nitrogens with one attached hydrogen (secondary N) is 1. The molecule has 1 aromatic heterocycles. The Labute approximate surface area is 120 Å². The van der Waals surface area contributed by atoms with Crippen LogP contribution in [0.4, 0.5) is 0 Å². The van der Waals surface area contributed by atoms with E-state index in [9.17, 15) is 4.79 Å². The zero-order valence-corrected chi connectivity index (χ0v) is 12.3. The number of carbonyl (C=O) groups excluding carboxylic acids is 1. The lowest BCUT2D eigenvalue weighted by atomic mass is 10.3. The van der Waals surface area contributed by atoms with Crippen LogP contribution in [0.3, 0.4) is 0 Å².